The summed E-state index contributed by atoms with van der Waals surface area (Å²) in [6.45, 7) is 4.02. The Labute approximate surface area is 198 Å². The van der Waals surface area contributed by atoms with Crippen LogP contribution in [0.1, 0.15) is 34.1 Å². The number of amides is 2. The Balaban J connectivity index is 1.22. The van der Waals surface area contributed by atoms with E-state index in [9.17, 15) is 9.59 Å². The molecule has 9 nitrogen and oxygen atoms in total. The molecule has 2 amide bonds. The standard InChI is InChI=1S/C25H28N4O5/c1-18-26-23(27-34-18)17-33-22-10-6-20(7-11-22)25(31)29-15-13-28(14-16-29)24(30)12-5-19-3-8-21(32-2)9-4-19/h3-4,6-11H,5,12-17H2,1-2H3. The van der Waals surface area contributed by atoms with E-state index in [0.717, 1.165) is 11.3 Å². The fourth-order valence-corrected chi connectivity index (χ4v) is 3.78. The molecule has 178 valence electrons. The minimum atomic E-state index is -0.0503. The van der Waals surface area contributed by atoms with Crippen LogP contribution in [0, 0.1) is 6.92 Å². The van der Waals surface area contributed by atoms with Gasteiger partial charge in [0.15, 0.2) is 6.61 Å². The van der Waals surface area contributed by atoms with Gasteiger partial charge in [-0.15, -0.1) is 0 Å². The van der Waals surface area contributed by atoms with Crippen LogP contribution in [-0.4, -0.2) is 65.0 Å². The number of aromatic nitrogens is 2. The van der Waals surface area contributed by atoms with Crippen LogP contribution in [0.5, 0.6) is 11.5 Å². The van der Waals surface area contributed by atoms with Crippen LogP contribution in [0.25, 0.3) is 0 Å². The third kappa shape index (κ3) is 5.92. The summed E-state index contributed by atoms with van der Waals surface area (Å²) in [6.07, 6.45) is 1.13. The molecule has 0 spiro atoms. The first kappa shape index (κ1) is 23.3. The molecule has 1 aromatic heterocycles. The largest absolute Gasteiger partial charge is 0.497 e. The first-order chi connectivity index (χ1) is 16.5. The molecule has 1 aliphatic heterocycles. The highest BCUT2D eigenvalue weighted by Gasteiger charge is 2.24. The van der Waals surface area contributed by atoms with E-state index in [1.165, 1.54) is 0 Å². The van der Waals surface area contributed by atoms with E-state index in [-0.39, 0.29) is 18.4 Å². The fraction of sp³-hybridized carbons (Fsp3) is 0.360. The summed E-state index contributed by atoms with van der Waals surface area (Å²) in [6, 6.07) is 14.7. The van der Waals surface area contributed by atoms with Crippen LogP contribution in [0.15, 0.2) is 53.1 Å². The monoisotopic (exact) mass is 464 g/mol. The summed E-state index contributed by atoms with van der Waals surface area (Å²) >= 11 is 0. The third-order valence-electron chi connectivity index (χ3n) is 5.75. The van der Waals surface area contributed by atoms with Crippen molar-refractivity contribution < 1.29 is 23.6 Å². The second-order valence-electron chi connectivity index (χ2n) is 8.06. The van der Waals surface area contributed by atoms with Crippen molar-refractivity contribution in [3.63, 3.8) is 0 Å². The predicted octanol–water partition coefficient (Wildman–Crippen LogP) is 2.88. The van der Waals surface area contributed by atoms with E-state index in [2.05, 4.69) is 10.1 Å². The summed E-state index contributed by atoms with van der Waals surface area (Å²) < 4.78 is 15.7. The number of carbonyl (C=O) groups is 2. The van der Waals surface area contributed by atoms with Gasteiger partial charge in [-0.05, 0) is 48.4 Å². The molecule has 1 aliphatic rings. The molecule has 0 atom stereocenters. The molecular weight excluding hydrogens is 436 g/mol. The molecule has 2 heterocycles. The number of methoxy groups -OCH3 is 1. The average molecular weight is 465 g/mol. The van der Waals surface area contributed by atoms with Crippen molar-refractivity contribution in [3.8, 4) is 11.5 Å². The van der Waals surface area contributed by atoms with Crippen molar-refractivity contribution >= 4 is 11.8 Å². The molecule has 3 aromatic rings. The van der Waals surface area contributed by atoms with Crippen LogP contribution in [0.2, 0.25) is 0 Å². The molecule has 0 saturated carbocycles. The van der Waals surface area contributed by atoms with E-state index in [0.29, 0.717) is 62.0 Å². The minimum Gasteiger partial charge on any atom is -0.497 e. The highest BCUT2D eigenvalue weighted by atomic mass is 16.5. The molecule has 9 heteroatoms. The predicted molar refractivity (Wildman–Crippen MR) is 124 cm³/mol. The highest BCUT2D eigenvalue weighted by Crippen LogP contribution is 2.17. The first-order valence-electron chi connectivity index (χ1n) is 11.2. The topological polar surface area (TPSA) is 98.0 Å². The molecule has 4 rings (SSSR count). The number of benzene rings is 2. The molecule has 1 saturated heterocycles. The van der Waals surface area contributed by atoms with Crippen LogP contribution in [0.3, 0.4) is 0 Å². The van der Waals surface area contributed by atoms with Gasteiger partial charge in [-0.25, -0.2) is 0 Å². The Kier molecular flexibility index (Phi) is 7.41. The normalized spacial score (nSPS) is 13.6. The number of nitrogens with zero attached hydrogens (tertiary/aromatic N) is 4. The Hall–Kier alpha value is -3.88. The summed E-state index contributed by atoms with van der Waals surface area (Å²) in [5.74, 6) is 2.43. The van der Waals surface area contributed by atoms with Crippen molar-refractivity contribution in [1.29, 1.82) is 0 Å². The van der Waals surface area contributed by atoms with Crippen molar-refractivity contribution in [3.05, 3.63) is 71.4 Å². The van der Waals surface area contributed by atoms with E-state index in [1.54, 1.807) is 43.2 Å². The number of carbonyl (C=O) groups excluding carboxylic acids is 2. The number of piperazine rings is 1. The van der Waals surface area contributed by atoms with E-state index in [1.807, 2.05) is 29.2 Å². The van der Waals surface area contributed by atoms with Gasteiger partial charge >= 0.3 is 0 Å². The fourth-order valence-electron chi connectivity index (χ4n) is 3.78. The smallest absolute Gasteiger partial charge is 0.253 e. The summed E-state index contributed by atoms with van der Waals surface area (Å²) in [5, 5.41) is 3.79. The molecule has 2 aromatic carbocycles. The maximum atomic E-state index is 12.9. The highest BCUT2D eigenvalue weighted by molar-refractivity contribution is 5.94. The van der Waals surface area contributed by atoms with E-state index >= 15 is 0 Å². The Morgan fingerprint density at radius 1 is 0.941 bits per heavy atom. The zero-order valence-corrected chi connectivity index (χ0v) is 19.4. The molecule has 1 fully saturated rings. The quantitative estimate of drug-likeness (QED) is 0.506. The maximum absolute atomic E-state index is 12.9. The molecule has 0 bridgehead atoms. The van der Waals surface area contributed by atoms with E-state index < -0.39 is 0 Å². The van der Waals surface area contributed by atoms with Gasteiger partial charge in [0, 0.05) is 45.1 Å². The van der Waals surface area contributed by atoms with Crippen molar-refractivity contribution in [1.82, 2.24) is 19.9 Å². The van der Waals surface area contributed by atoms with Crippen molar-refractivity contribution in [2.75, 3.05) is 33.3 Å². The summed E-state index contributed by atoms with van der Waals surface area (Å²) in [4.78, 5) is 33.2. The molecule has 0 radical (unpaired) electrons. The molecule has 0 aliphatic carbocycles. The van der Waals surface area contributed by atoms with E-state index in [4.69, 9.17) is 14.0 Å². The Morgan fingerprint density at radius 3 is 2.21 bits per heavy atom. The van der Waals surface area contributed by atoms with Crippen molar-refractivity contribution in [2.45, 2.75) is 26.4 Å². The summed E-state index contributed by atoms with van der Waals surface area (Å²) in [5.41, 5.74) is 1.69. The minimum absolute atomic E-state index is 0.0503. The zero-order chi connectivity index (χ0) is 23.9. The van der Waals surface area contributed by atoms with Gasteiger partial charge in [0.1, 0.15) is 11.5 Å². The van der Waals surface area contributed by atoms with Gasteiger partial charge in [0.2, 0.25) is 17.6 Å². The van der Waals surface area contributed by atoms with Gasteiger partial charge in [0.25, 0.3) is 5.91 Å². The Bertz CT molecular complexity index is 1100. The van der Waals surface area contributed by atoms with Gasteiger partial charge < -0.3 is 23.8 Å². The van der Waals surface area contributed by atoms with Crippen LogP contribution in [-0.2, 0) is 17.8 Å². The SMILES string of the molecule is COc1ccc(CCC(=O)N2CCN(C(=O)c3ccc(OCc4noc(C)n4)cc3)CC2)cc1. The van der Waals surface area contributed by atoms with Crippen LogP contribution < -0.4 is 9.47 Å². The first-order valence-corrected chi connectivity index (χ1v) is 11.2. The number of aryl methyl sites for hydroxylation is 2. The lowest BCUT2D eigenvalue weighted by molar-refractivity contribution is -0.132. The summed E-state index contributed by atoms with van der Waals surface area (Å²) in [7, 11) is 1.63. The second kappa shape index (κ2) is 10.8. The zero-order valence-electron chi connectivity index (χ0n) is 19.4. The average Bonchev–Trinajstić information content (AvgIpc) is 3.31. The lowest BCUT2D eigenvalue weighted by atomic mass is 10.1. The van der Waals surface area contributed by atoms with Gasteiger partial charge in [-0.2, -0.15) is 4.98 Å². The molecule has 0 N–H and O–H groups in total. The van der Waals surface area contributed by atoms with Crippen LogP contribution in [0.4, 0.5) is 0 Å². The number of ether oxygens (including phenoxy) is 2. The molecule has 34 heavy (non-hydrogen) atoms. The number of hydrogen-bond donors (Lipinski definition) is 0. The van der Waals surface area contributed by atoms with Gasteiger partial charge in [0.05, 0.1) is 7.11 Å². The van der Waals surface area contributed by atoms with Gasteiger partial charge in [-0.1, -0.05) is 17.3 Å². The van der Waals surface area contributed by atoms with Gasteiger partial charge in [-0.3, -0.25) is 9.59 Å². The number of hydrogen-bond acceptors (Lipinski definition) is 7. The molecule has 0 unspecified atom stereocenters. The Morgan fingerprint density at radius 2 is 1.59 bits per heavy atom. The lowest BCUT2D eigenvalue weighted by Gasteiger charge is -2.35. The number of rotatable bonds is 8. The maximum Gasteiger partial charge on any atom is 0.253 e. The third-order valence-corrected chi connectivity index (χ3v) is 5.75. The lowest BCUT2D eigenvalue weighted by Crippen LogP contribution is -2.50. The van der Waals surface area contributed by atoms with Crippen LogP contribution >= 0.6 is 0 Å². The molecular formula is C25H28N4O5. The second-order valence-corrected chi connectivity index (χ2v) is 8.06. The van der Waals surface area contributed by atoms with Crippen molar-refractivity contribution in [2.24, 2.45) is 0 Å².